The number of amides is 2. The SMILES string of the molecule is C[C@@H]1C[C@@H]1C(=O)NCCC(=O)Nc1ccccn1. The van der Waals surface area contributed by atoms with Crippen molar-refractivity contribution < 1.29 is 9.59 Å². The van der Waals surface area contributed by atoms with E-state index in [-0.39, 0.29) is 24.2 Å². The Morgan fingerprint density at radius 1 is 1.44 bits per heavy atom. The maximum atomic E-state index is 11.5. The molecule has 0 saturated heterocycles. The molecule has 0 aliphatic heterocycles. The van der Waals surface area contributed by atoms with E-state index in [1.165, 1.54) is 0 Å². The van der Waals surface area contributed by atoms with E-state index in [1.807, 2.05) is 0 Å². The van der Waals surface area contributed by atoms with Gasteiger partial charge in [0.15, 0.2) is 0 Å². The molecule has 0 radical (unpaired) electrons. The lowest BCUT2D eigenvalue weighted by Crippen LogP contribution is -2.29. The van der Waals surface area contributed by atoms with E-state index in [0.29, 0.717) is 18.3 Å². The van der Waals surface area contributed by atoms with Gasteiger partial charge < -0.3 is 10.6 Å². The lowest BCUT2D eigenvalue weighted by Gasteiger charge is -2.05. The van der Waals surface area contributed by atoms with Gasteiger partial charge in [0.1, 0.15) is 5.82 Å². The fourth-order valence-electron chi connectivity index (χ4n) is 1.76. The minimum absolute atomic E-state index is 0.0631. The summed E-state index contributed by atoms with van der Waals surface area (Å²) in [6.45, 7) is 2.43. The molecule has 1 aromatic rings. The zero-order chi connectivity index (χ0) is 13.0. The summed E-state index contributed by atoms with van der Waals surface area (Å²) in [4.78, 5) is 27.0. The van der Waals surface area contributed by atoms with Gasteiger partial charge in [0, 0.05) is 25.1 Å². The van der Waals surface area contributed by atoms with Gasteiger partial charge in [-0.3, -0.25) is 9.59 Å². The van der Waals surface area contributed by atoms with E-state index in [4.69, 9.17) is 0 Å². The Bertz CT molecular complexity index is 433. The van der Waals surface area contributed by atoms with Gasteiger partial charge in [-0.1, -0.05) is 13.0 Å². The van der Waals surface area contributed by atoms with Crippen LogP contribution in [0.1, 0.15) is 19.8 Å². The minimum atomic E-state index is -0.141. The summed E-state index contributed by atoms with van der Waals surface area (Å²) >= 11 is 0. The first-order chi connectivity index (χ1) is 8.66. The van der Waals surface area contributed by atoms with Crippen molar-refractivity contribution in [1.82, 2.24) is 10.3 Å². The second kappa shape index (κ2) is 5.62. The molecule has 1 aromatic heterocycles. The van der Waals surface area contributed by atoms with Crippen LogP contribution in [-0.2, 0) is 9.59 Å². The molecule has 1 aliphatic rings. The summed E-state index contributed by atoms with van der Waals surface area (Å²) < 4.78 is 0. The Balaban J connectivity index is 1.65. The first-order valence-electron chi connectivity index (χ1n) is 6.15. The highest BCUT2D eigenvalue weighted by atomic mass is 16.2. The molecule has 0 bridgehead atoms. The highest BCUT2D eigenvalue weighted by Gasteiger charge is 2.38. The van der Waals surface area contributed by atoms with Gasteiger partial charge in [0.2, 0.25) is 11.8 Å². The summed E-state index contributed by atoms with van der Waals surface area (Å²) in [7, 11) is 0. The maximum Gasteiger partial charge on any atom is 0.227 e. The lowest BCUT2D eigenvalue weighted by atomic mass is 10.3. The predicted octanol–water partition coefficient (Wildman–Crippen LogP) is 1.18. The standard InChI is InChI=1S/C13H17N3O2/c1-9-8-10(9)13(18)15-7-5-12(17)16-11-4-2-3-6-14-11/h2-4,6,9-10H,5,7-8H2,1H3,(H,15,18)(H,14,16,17)/t9-,10+/m1/s1. The van der Waals surface area contributed by atoms with E-state index in [2.05, 4.69) is 22.5 Å². The molecule has 96 valence electrons. The molecule has 5 heteroatoms. The lowest BCUT2D eigenvalue weighted by molar-refractivity contribution is -0.122. The molecule has 1 heterocycles. The van der Waals surface area contributed by atoms with Crippen LogP contribution in [0, 0.1) is 11.8 Å². The van der Waals surface area contributed by atoms with Crippen molar-refractivity contribution in [3.8, 4) is 0 Å². The summed E-state index contributed by atoms with van der Waals surface area (Å²) in [6, 6.07) is 5.31. The van der Waals surface area contributed by atoms with Crippen molar-refractivity contribution >= 4 is 17.6 Å². The smallest absolute Gasteiger partial charge is 0.227 e. The Morgan fingerprint density at radius 2 is 2.22 bits per heavy atom. The summed E-state index contributed by atoms with van der Waals surface area (Å²) in [5.74, 6) is 1.10. The van der Waals surface area contributed by atoms with Gasteiger partial charge in [-0.25, -0.2) is 4.98 Å². The summed E-state index contributed by atoms with van der Waals surface area (Å²) in [5, 5.41) is 5.44. The van der Waals surface area contributed by atoms with Crippen molar-refractivity contribution in [2.45, 2.75) is 19.8 Å². The van der Waals surface area contributed by atoms with E-state index in [0.717, 1.165) is 6.42 Å². The number of nitrogens with one attached hydrogen (secondary N) is 2. The largest absolute Gasteiger partial charge is 0.355 e. The highest BCUT2D eigenvalue weighted by molar-refractivity contribution is 5.90. The van der Waals surface area contributed by atoms with Crippen LogP contribution < -0.4 is 10.6 Å². The van der Waals surface area contributed by atoms with Crippen LogP contribution in [0.15, 0.2) is 24.4 Å². The molecule has 0 unspecified atom stereocenters. The molecular weight excluding hydrogens is 230 g/mol. The Labute approximate surface area is 106 Å². The topological polar surface area (TPSA) is 71.1 Å². The number of hydrogen-bond donors (Lipinski definition) is 2. The third-order valence-corrected chi connectivity index (χ3v) is 3.03. The molecule has 18 heavy (non-hydrogen) atoms. The summed E-state index contributed by atoms with van der Waals surface area (Å²) in [5.41, 5.74) is 0. The quantitative estimate of drug-likeness (QED) is 0.820. The number of carbonyl (C=O) groups is 2. The number of hydrogen-bond acceptors (Lipinski definition) is 3. The van der Waals surface area contributed by atoms with Crippen molar-refractivity contribution in [2.75, 3.05) is 11.9 Å². The predicted molar refractivity (Wildman–Crippen MR) is 67.8 cm³/mol. The Kier molecular flexibility index (Phi) is 3.92. The third kappa shape index (κ3) is 3.55. The fourth-order valence-corrected chi connectivity index (χ4v) is 1.76. The number of carbonyl (C=O) groups excluding carboxylic acids is 2. The van der Waals surface area contributed by atoms with Gasteiger partial charge in [0.05, 0.1) is 0 Å². The first-order valence-corrected chi connectivity index (χ1v) is 6.15. The van der Waals surface area contributed by atoms with Crippen LogP contribution in [0.2, 0.25) is 0 Å². The number of nitrogens with zero attached hydrogens (tertiary/aromatic N) is 1. The van der Waals surface area contributed by atoms with Crippen molar-refractivity contribution in [1.29, 1.82) is 0 Å². The average molecular weight is 247 g/mol. The average Bonchev–Trinajstić information content (AvgIpc) is 3.07. The zero-order valence-corrected chi connectivity index (χ0v) is 10.3. The number of pyridine rings is 1. The number of anilines is 1. The Hall–Kier alpha value is -1.91. The molecular formula is C13H17N3O2. The van der Waals surface area contributed by atoms with Crippen molar-refractivity contribution in [2.24, 2.45) is 11.8 Å². The van der Waals surface area contributed by atoms with Gasteiger partial charge in [-0.2, -0.15) is 0 Å². The van der Waals surface area contributed by atoms with Crippen molar-refractivity contribution in [3.05, 3.63) is 24.4 Å². The normalized spacial score (nSPS) is 21.2. The molecule has 2 atom stereocenters. The molecule has 1 saturated carbocycles. The fraction of sp³-hybridized carbons (Fsp3) is 0.462. The van der Waals surface area contributed by atoms with Gasteiger partial charge in [0.25, 0.3) is 0 Å². The first kappa shape index (κ1) is 12.5. The van der Waals surface area contributed by atoms with Gasteiger partial charge >= 0.3 is 0 Å². The van der Waals surface area contributed by atoms with Gasteiger partial charge in [-0.05, 0) is 24.5 Å². The number of rotatable bonds is 5. The molecule has 2 amide bonds. The maximum absolute atomic E-state index is 11.5. The van der Waals surface area contributed by atoms with Crippen molar-refractivity contribution in [3.63, 3.8) is 0 Å². The van der Waals surface area contributed by atoms with Crippen LogP contribution in [0.3, 0.4) is 0 Å². The van der Waals surface area contributed by atoms with Gasteiger partial charge in [-0.15, -0.1) is 0 Å². The highest BCUT2D eigenvalue weighted by Crippen LogP contribution is 2.37. The molecule has 1 aliphatic carbocycles. The van der Waals surface area contributed by atoms with E-state index in [1.54, 1.807) is 24.4 Å². The number of aromatic nitrogens is 1. The second-order valence-electron chi connectivity index (χ2n) is 4.62. The van der Waals surface area contributed by atoms with Crippen LogP contribution in [0.5, 0.6) is 0 Å². The van der Waals surface area contributed by atoms with Crippen LogP contribution in [0.25, 0.3) is 0 Å². The monoisotopic (exact) mass is 247 g/mol. The molecule has 2 N–H and O–H groups in total. The van der Waals surface area contributed by atoms with E-state index < -0.39 is 0 Å². The minimum Gasteiger partial charge on any atom is -0.355 e. The molecule has 0 spiro atoms. The summed E-state index contributed by atoms with van der Waals surface area (Å²) in [6.07, 6.45) is 2.85. The van der Waals surface area contributed by atoms with Crippen LogP contribution >= 0.6 is 0 Å². The molecule has 0 aromatic carbocycles. The second-order valence-corrected chi connectivity index (χ2v) is 4.62. The molecule has 1 fully saturated rings. The Morgan fingerprint density at radius 3 is 2.83 bits per heavy atom. The third-order valence-electron chi connectivity index (χ3n) is 3.03. The molecule has 2 rings (SSSR count). The van der Waals surface area contributed by atoms with E-state index >= 15 is 0 Å². The van der Waals surface area contributed by atoms with Crippen LogP contribution in [-0.4, -0.2) is 23.3 Å². The van der Waals surface area contributed by atoms with E-state index in [9.17, 15) is 9.59 Å². The zero-order valence-electron chi connectivity index (χ0n) is 10.3. The van der Waals surface area contributed by atoms with Crippen LogP contribution in [0.4, 0.5) is 5.82 Å². The molecule has 5 nitrogen and oxygen atoms in total.